The first-order valence-corrected chi connectivity index (χ1v) is 9.79. The molecule has 150 valence electrons. The van der Waals surface area contributed by atoms with Crippen molar-refractivity contribution in [2.24, 2.45) is 0 Å². The third-order valence-corrected chi connectivity index (χ3v) is 4.85. The van der Waals surface area contributed by atoms with Gasteiger partial charge in [0, 0.05) is 37.6 Å². The second kappa shape index (κ2) is 9.46. The van der Waals surface area contributed by atoms with Crippen LogP contribution in [0.25, 0.3) is 0 Å². The Morgan fingerprint density at radius 3 is 2.29 bits per heavy atom. The number of piperazine rings is 1. The van der Waals surface area contributed by atoms with Crippen molar-refractivity contribution in [3.63, 3.8) is 0 Å². The normalized spacial score (nSPS) is 14.6. The SMILES string of the molecule is Cc1cc(C)cc(OCCNC(=O)Nc2ccc(N3CCN(C)CC3)cc2)c1. The molecule has 0 saturated carbocycles. The number of carbonyl (C=O) groups excluding carboxylic acids is 1. The number of urea groups is 1. The molecule has 2 amide bonds. The van der Waals surface area contributed by atoms with E-state index >= 15 is 0 Å². The maximum atomic E-state index is 12.1. The lowest BCUT2D eigenvalue weighted by atomic mass is 10.1. The van der Waals surface area contributed by atoms with Crippen LogP contribution in [0.15, 0.2) is 42.5 Å². The average Bonchev–Trinajstić information content (AvgIpc) is 2.66. The summed E-state index contributed by atoms with van der Waals surface area (Å²) in [6, 6.07) is 13.9. The Morgan fingerprint density at radius 2 is 1.64 bits per heavy atom. The van der Waals surface area contributed by atoms with Crippen LogP contribution in [0.1, 0.15) is 11.1 Å². The largest absolute Gasteiger partial charge is 0.492 e. The second-order valence-corrected chi connectivity index (χ2v) is 7.39. The van der Waals surface area contributed by atoms with E-state index in [4.69, 9.17) is 4.74 Å². The minimum absolute atomic E-state index is 0.226. The van der Waals surface area contributed by atoms with Crippen molar-refractivity contribution in [2.45, 2.75) is 13.8 Å². The number of ether oxygens (including phenoxy) is 1. The number of hydrogen-bond acceptors (Lipinski definition) is 4. The Bertz CT molecular complexity index is 763. The number of nitrogens with zero attached hydrogens (tertiary/aromatic N) is 2. The van der Waals surface area contributed by atoms with Gasteiger partial charge in [-0.2, -0.15) is 0 Å². The number of rotatable bonds is 6. The quantitative estimate of drug-likeness (QED) is 0.753. The van der Waals surface area contributed by atoms with Crippen LogP contribution in [0, 0.1) is 13.8 Å². The smallest absolute Gasteiger partial charge is 0.319 e. The molecule has 2 N–H and O–H groups in total. The topological polar surface area (TPSA) is 56.8 Å². The maximum Gasteiger partial charge on any atom is 0.319 e. The third kappa shape index (κ3) is 5.89. The molecule has 2 aromatic rings. The van der Waals surface area contributed by atoms with Gasteiger partial charge in [-0.05, 0) is 68.4 Å². The van der Waals surface area contributed by atoms with Crippen molar-refractivity contribution >= 4 is 17.4 Å². The van der Waals surface area contributed by atoms with Gasteiger partial charge in [0.15, 0.2) is 0 Å². The van der Waals surface area contributed by atoms with E-state index in [-0.39, 0.29) is 6.03 Å². The molecule has 0 aliphatic carbocycles. The molecule has 0 unspecified atom stereocenters. The molecule has 1 saturated heterocycles. The first kappa shape index (κ1) is 20.0. The lowest BCUT2D eigenvalue weighted by molar-refractivity contribution is 0.247. The fraction of sp³-hybridized carbons (Fsp3) is 0.409. The number of aryl methyl sites for hydroxylation is 2. The van der Waals surface area contributed by atoms with E-state index in [2.05, 4.69) is 45.7 Å². The van der Waals surface area contributed by atoms with Gasteiger partial charge in [0.05, 0.1) is 6.54 Å². The fourth-order valence-corrected chi connectivity index (χ4v) is 3.35. The third-order valence-electron chi connectivity index (χ3n) is 4.85. The van der Waals surface area contributed by atoms with Gasteiger partial charge in [0.2, 0.25) is 0 Å². The van der Waals surface area contributed by atoms with Crippen LogP contribution >= 0.6 is 0 Å². The van der Waals surface area contributed by atoms with E-state index < -0.39 is 0 Å². The molecule has 1 aliphatic rings. The number of anilines is 2. The van der Waals surface area contributed by atoms with Crippen molar-refractivity contribution in [1.29, 1.82) is 0 Å². The highest BCUT2D eigenvalue weighted by atomic mass is 16.5. The molecule has 1 fully saturated rings. The summed E-state index contributed by atoms with van der Waals surface area (Å²) in [6.07, 6.45) is 0. The number of amides is 2. The van der Waals surface area contributed by atoms with Gasteiger partial charge in [-0.15, -0.1) is 0 Å². The summed E-state index contributed by atoms with van der Waals surface area (Å²) >= 11 is 0. The average molecular weight is 383 g/mol. The van der Waals surface area contributed by atoms with E-state index in [0.717, 1.165) is 37.6 Å². The van der Waals surface area contributed by atoms with Gasteiger partial charge in [-0.25, -0.2) is 4.79 Å². The van der Waals surface area contributed by atoms with Gasteiger partial charge >= 0.3 is 6.03 Å². The fourth-order valence-electron chi connectivity index (χ4n) is 3.35. The van der Waals surface area contributed by atoms with Gasteiger partial charge in [-0.3, -0.25) is 0 Å². The molecule has 1 heterocycles. The Balaban J connectivity index is 1.39. The molecule has 0 spiro atoms. The Kier molecular flexibility index (Phi) is 6.76. The van der Waals surface area contributed by atoms with Gasteiger partial charge < -0.3 is 25.2 Å². The zero-order valence-corrected chi connectivity index (χ0v) is 17.0. The van der Waals surface area contributed by atoms with Crippen molar-refractivity contribution in [2.75, 3.05) is 56.6 Å². The molecule has 6 nitrogen and oxygen atoms in total. The molecule has 0 atom stereocenters. The lowest BCUT2D eigenvalue weighted by Gasteiger charge is -2.34. The van der Waals surface area contributed by atoms with Crippen molar-refractivity contribution in [1.82, 2.24) is 10.2 Å². The van der Waals surface area contributed by atoms with E-state index in [1.54, 1.807) is 0 Å². The van der Waals surface area contributed by atoms with E-state index in [9.17, 15) is 4.79 Å². The predicted octanol–water partition coefficient (Wildman–Crippen LogP) is 3.26. The minimum atomic E-state index is -0.226. The van der Waals surface area contributed by atoms with Crippen LogP contribution in [0.2, 0.25) is 0 Å². The molecule has 3 rings (SSSR count). The molecule has 0 aromatic heterocycles. The second-order valence-electron chi connectivity index (χ2n) is 7.39. The maximum absolute atomic E-state index is 12.1. The number of likely N-dealkylation sites (N-methyl/N-ethyl adjacent to an activating group) is 1. The van der Waals surface area contributed by atoms with Crippen molar-refractivity contribution in [3.8, 4) is 5.75 Å². The highest BCUT2D eigenvalue weighted by molar-refractivity contribution is 5.89. The minimum Gasteiger partial charge on any atom is -0.492 e. The van der Waals surface area contributed by atoms with Crippen LogP contribution in [-0.4, -0.2) is 57.3 Å². The number of benzene rings is 2. The molecular weight excluding hydrogens is 352 g/mol. The highest BCUT2D eigenvalue weighted by Gasteiger charge is 2.14. The summed E-state index contributed by atoms with van der Waals surface area (Å²) in [6.45, 7) is 9.17. The summed E-state index contributed by atoms with van der Waals surface area (Å²) in [4.78, 5) is 16.8. The monoisotopic (exact) mass is 382 g/mol. The zero-order valence-electron chi connectivity index (χ0n) is 17.0. The molecular formula is C22H30N4O2. The van der Waals surface area contributed by atoms with Gasteiger partial charge in [0.25, 0.3) is 0 Å². The Labute approximate surface area is 167 Å². The molecule has 0 bridgehead atoms. The Morgan fingerprint density at radius 1 is 1.00 bits per heavy atom. The number of nitrogens with one attached hydrogen (secondary N) is 2. The first-order chi connectivity index (χ1) is 13.5. The molecule has 28 heavy (non-hydrogen) atoms. The van der Waals surface area contributed by atoms with Crippen LogP contribution < -0.4 is 20.3 Å². The van der Waals surface area contributed by atoms with E-state index in [1.165, 1.54) is 16.8 Å². The molecule has 0 radical (unpaired) electrons. The summed E-state index contributed by atoms with van der Waals surface area (Å²) in [5.41, 5.74) is 4.31. The number of hydrogen-bond donors (Lipinski definition) is 2. The van der Waals surface area contributed by atoms with E-state index in [0.29, 0.717) is 13.2 Å². The van der Waals surface area contributed by atoms with Crippen LogP contribution in [0.3, 0.4) is 0 Å². The molecule has 2 aromatic carbocycles. The molecule has 6 heteroatoms. The summed E-state index contributed by atoms with van der Waals surface area (Å²) < 4.78 is 5.71. The predicted molar refractivity (Wildman–Crippen MR) is 115 cm³/mol. The summed E-state index contributed by atoms with van der Waals surface area (Å²) in [5.74, 6) is 0.833. The highest BCUT2D eigenvalue weighted by Crippen LogP contribution is 2.19. The first-order valence-electron chi connectivity index (χ1n) is 9.79. The van der Waals surface area contributed by atoms with Crippen LogP contribution in [-0.2, 0) is 0 Å². The van der Waals surface area contributed by atoms with Crippen LogP contribution in [0.5, 0.6) is 5.75 Å². The lowest BCUT2D eigenvalue weighted by Crippen LogP contribution is -2.44. The van der Waals surface area contributed by atoms with Crippen LogP contribution in [0.4, 0.5) is 16.2 Å². The van der Waals surface area contributed by atoms with Gasteiger partial charge in [-0.1, -0.05) is 6.07 Å². The van der Waals surface area contributed by atoms with Crippen molar-refractivity contribution < 1.29 is 9.53 Å². The Hall–Kier alpha value is -2.73. The molecule has 1 aliphatic heterocycles. The van der Waals surface area contributed by atoms with Gasteiger partial charge in [0.1, 0.15) is 12.4 Å². The summed E-state index contributed by atoms with van der Waals surface area (Å²) in [5, 5.41) is 5.69. The zero-order chi connectivity index (χ0) is 19.9. The van der Waals surface area contributed by atoms with E-state index in [1.807, 2.05) is 38.1 Å². The van der Waals surface area contributed by atoms with Crippen molar-refractivity contribution in [3.05, 3.63) is 53.6 Å². The standard InChI is InChI=1S/C22H30N4O2/c1-17-14-18(2)16-21(15-17)28-13-8-23-22(27)24-19-4-6-20(7-5-19)26-11-9-25(3)10-12-26/h4-7,14-16H,8-13H2,1-3H3,(H2,23,24,27). The number of carbonyl (C=O) groups is 1. The summed E-state index contributed by atoms with van der Waals surface area (Å²) in [7, 11) is 2.15.